The number of nitrogens with two attached hydrogens (primary N) is 1. The largest absolute Gasteiger partial charge is 0.480 e. The molecule has 0 saturated carbocycles. The van der Waals surface area contributed by atoms with Crippen molar-refractivity contribution < 1.29 is 38.2 Å². The van der Waals surface area contributed by atoms with Gasteiger partial charge in [0.05, 0.1) is 12.8 Å². The van der Waals surface area contributed by atoms with Gasteiger partial charge in [-0.15, -0.1) is 0 Å². The Hall–Kier alpha value is -2.42. The van der Waals surface area contributed by atoms with E-state index in [9.17, 15) is 18.9 Å². The molecule has 1 aromatic rings. The van der Waals surface area contributed by atoms with E-state index in [0.717, 1.165) is 0 Å². The molecule has 10 nitrogen and oxygen atoms in total. The number of carbonyl (C=O) groups is 3. The fraction of sp³-hybridized carbons (Fsp3) is 0.438. The van der Waals surface area contributed by atoms with Crippen molar-refractivity contribution >= 4 is 25.4 Å². The maximum atomic E-state index is 12.9. The Kier molecular flexibility index (Phi) is 9.49. The number of hydrogen-bond acceptors (Lipinski definition) is 7. The lowest BCUT2D eigenvalue weighted by atomic mass is 10.2. The van der Waals surface area contributed by atoms with Gasteiger partial charge in [0.2, 0.25) is 5.91 Å². The molecule has 0 aliphatic heterocycles. The Morgan fingerprint density at radius 2 is 1.85 bits per heavy atom. The first-order chi connectivity index (χ1) is 12.7. The fourth-order valence-electron chi connectivity index (χ4n) is 1.90. The summed E-state index contributed by atoms with van der Waals surface area (Å²) in [6.07, 6.45) is -0.162. The number of hydrogen-bond donors (Lipinski definition) is 4. The summed E-state index contributed by atoms with van der Waals surface area (Å²) in [6.45, 7) is -0.574. The van der Waals surface area contributed by atoms with Gasteiger partial charge in [-0.05, 0) is 25.0 Å². The number of carbonyl (C=O) groups excluding carboxylic acids is 1. The summed E-state index contributed by atoms with van der Waals surface area (Å²) in [5, 5.41) is 19.5. The molecule has 0 bridgehead atoms. The Labute approximate surface area is 156 Å². The van der Waals surface area contributed by atoms with Crippen LogP contribution in [0.15, 0.2) is 30.3 Å². The topological polar surface area (TPSA) is 165 Å². The van der Waals surface area contributed by atoms with E-state index in [1.807, 2.05) is 0 Å². The van der Waals surface area contributed by atoms with Crippen LogP contribution in [0.25, 0.3) is 0 Å². The van der Waals surface area contributed by atoms with Crippen molar-refractivity contribution in [3.63, 3.8) is 0 Å². The minimum Gasteiger partial charge on any atom is -0.480 e. The number of benzene rings is 1. The minimum atomic E-state index is -3.69. The molecule has 2 atom stereocenters. The van der Waals surface area contributed by atoms with Crippen LogP contribution in [0.1, 0.15) is 19.3 Å². The van der Waals surface area contributed by atoms with Gasteiger partial charge in [-0.3, -0.25) is 18.9 Å². The third kappa shape index (κ3) is 9.74. The number of carboxylic acid groups (broad SMARTS) is 2. The molecule has 0 aliphatic carbocycles. The van der Waals surface area contributed by atoms with Gasteiger partial charge < -0.3 is 25.8 Å². The molecular weight excluding hydrogens is 379 g/mol. The molecule has 0 aromatic heterocycles. The van der Waals surface area contributed by atoms with Crippen molar-refractivity contribution in [2.24, 2.45) is 5.73 Å². The second-order valence-corrected chi connectivity index (χ2v) is 7.69. The first kappa shape index (κ1) is 22.6. The van der Waals surface area contributed by atoms with Gasteiger partial charge in [-0.1, -0.05) is 18.2 Å². The Morgan fingerprint density at radius 1 is 1.19 bits per heavy atom. The zero-order valence-corrected chi connectivity index (χ0v) is 15.5. The highest BCUT2D eigenvalue weighted by molar-refractivity contribution is 7.54. The standard InChI is InChI=1S/C16H23N2O8P/c17-13(16(22)23)8-10-27(24,26-12-5-2-1-3-6-12)25-9-4-7-14(19)18-11-15(20)21/h1-3,5-6,13H,4,7-11,17H2,(H,18,19)(H,20,21)(H,22,23). The van der Waals surface area contributed by atoms with Crippen LogP contribution in [0.3, 0.4) is 0 Å². The molecule has 27 heavy (non-hydrogen) atoms. The molecule has 2 unspecified atom stereocenters. The zero-order chi connectivity index (χ0) is 20.3. The van der Waals surface area contributed by atoms with Crippen molar-refractivity contribution in [2.45, 2.75) is 25.3 Å². The third-order valence-corrected chi connectivity index (χ3v) is 5.16. The molecule has 0 fully saturated rings. The van der Waals surface area contributed by atoms with Crippen LogP contribution in [-0.4, -0.2) is 53.4 Å². The second kappa shape index (κ2) is 11.3. The van der Waals surface area contributed by atoms with Crippen LogP contribution in [0.4, 0.5) is 0 Å². The monoisotopic (exact) mass is 402 g/mol. The van der Waals surface area contributed by atoms with E-state index in [-0.39, 0.29) is 32.0 Å². The van der Waals surface area contributed by atoms with Gasteiger partial charge >= 0.3 is 19.5 Å². The zero-order valence-electron chi connectivity index (χ0n) is 14.6. The van der Waals surface area contributed by atoms with Crippen LogP contribution < -0.4 is 15.6 Å². The van der Waals surface area contributed by atoms with Gasteiger partial charge in [0.15, 0.2) is 0 Å². The number of nitrogens with one attached hydrogen (secondary N) is 1. The lowest BCUT2D eigenvalue weighted by molar-refractivity contribution is -0.139. The smallest absolute Gasteiger partial charge is 0.379 e. The Balaban J connectivity index is 2.57. The average molecular weight is 402 g/mol. The Morgan fingerprint density at radius 3 is 2.44 bits per heavy atom. The van der Waals surface area contributed by atoms with E-state index in [2.05, 4.69) is 5.32 Å². The number of rotatable bonds is 13. The molecule has 5 N–H and O–H groups in total. The van der Waals surface area contributed by atoms with Crippen molar-refractivity contribution in [3.05, 3.63) is 30.3 Å². The van der Waals surface area contributed by atoms with Crippen molar-refractivity contribution in [1.29, 1.82) is 0 Å². The minimum absolute atomic E-state index is 0.0206. The number of para-hydroxylation sites is 1. The summed E-state index contributed by atoms with van der Waals surface area (Å²) in [5.41, 5.74) is 5.44. The summed E-state index contributed by atoms with van der Waals surface area (Å²) in [5.74, 6) is -2.57. The van der Waals surface area contributed by atoms with E-state index in [4.69, 9.17) is 25.0 Å². The highest BCUT2D eigenvalue weighted by atomic mass is 31.2. The Bertz CT molecular complexity index is 682. The van der Waals surface area contributed by atoms with E-state index in [1.165, 1.54) is 0 Å². The van der Waals surface area contributed by atoms with Crippen molar-refractivity contribution in [2.75, 3.05) is 19.3 Å². The van der Waals surface area contributed by atoms with Crippen LogP contribution in [-0.2, 0) is 23.5 Å². The SMILES string of the molecule is NC(CCP(=O)(OCCCC(=O)NCC(=O)O)Oc1ccccc1)C(=O)O. The van der Waals surface area contributed by atoms with Gasteiger partial charge in [-0.2, -0.15) is 0 Å². The van der Waals surface area contributed by atoms with Gasteiger partial charge in [0.1, 0.15) is 18.3 Å². The predicted molar refractivity (Wildman–Crippen MR) is 95.6 cm³/mol. The summed E-state index contributed by atoms with van der Waals surface area (Å²) in [4.78, 5) is 32.6. The molecule has 0 spiro atoms. The normalized spacial score (nSPS) is 14.0. The van der Waals surface area contributed by atoms with Crippen LogP contribution in [0.2, 0.25) is 0 Å². The summed E-state index contributed by atoms with van der Waals surface area (Å²) in [7, 11) is -3.69. The van der Waals surface area contributed by atoms with E-state index < -0.39 is 38.0 Å². The number of aliphatic carboxylic acids is 2. The van der Waals surface area contributed by atoms with Crippen LogP contribution in [0, 0.1) is 0 Å². The molecule has 0 saturated heterocycles. The summed E-state index contributed by atoms with van der Waals surface area (Å²) >= 11 is 0. The molecule has 0 aliphatic rings. The van der Waals surface area contributed by atoms with Crippen LogP contribution >= 0.6 is 7.60 Å². The number of amides is 1. The van der Waals surface area contributed by atoms with Gasteiger partial charge in [-0.25, -0.2) is 4.57 Å². The predicted octanol–water partition coefficient (Wildman–Crippen LogP) is 1.06. The highest BCUT2D eigenvalue weighted by Crippen LogP contribution is 2.49. The third-order valence-electron chi connectivity index (χ3n) is 3.29. The van der Waals surface area contributed by atoms with Gasteiger partial charge in [0.25, 0.3) is 0 Å². The van der Waals surface area contributed by atoms with E-state index in [0.29, 0.717) is 5.75 Å². The first-order valence-electron chi connectivity index (χ1n) is 8.17. The molecule has 1 amide bonds. The second-order valence-electron chi connectivity index (χ2n) is 5.58. The van der Waals surface area contributed by atoms with Crippen molar-refractivity contribution in [1.82, 2.24) is 5.32 Å². The number of carboxylic acids is 2. The first-order valence-corrected chi connectivity index (χ1v) is 9.90. The lowest BCUT2D eigenvalue weighted by Crippen LogP contribution is -2.31. The summed E-state index contributed by atoms with van der Waals surface area (Å²) < 4.78 is 23.7. The lowest BCUT2D eigenvalue weighted by Gasteiger charge is -2.20. The average Bonchev–Trinajstić information content (AvgIpc) is 2.62. The van der Waals surface area contributed by atoms with Crippen molar-refractivity contribution in [3.8, 4) is 5.75 Å². The maximum absolute atomic E-state index is 12.9. The quantitative estimate of drug-likeness (QED) is 0.279. The van der Waals surface area contributed by atoms with E-state index in [1.54, 1.807) is 30.3 Å². The molecule has 0 heterocycles. The fourth-order valence-corrected chi connectivity index (χ4v) is 3.62. The molecule has 1 aromatic carbocycles. The molecule has 11 heteroatoms. The molecular formula is C16H23N2O8P. The maximum Gasteiger partial charge on any atom is 0.379 e. The highest BCUT2D eigenvalue weighted by Gasteiger charge is 2.28. The van der Waals surface area contributed by atoms with Crippen LogP contribution in [0.5, 0.6) is 5.75 Å². The molecule has 150 valence electrons. The van der Waals surface area contributed by atoms with Gasteiger partial charge in [0, 0.05) is 6.42 Å². The molecule has 0 radical (unpaired) electrons. The molecule has 1 rings (SSSR count). The van der Waals surface area contributed by atoms with E-state index >= 15 is 0 Å². The summed E-state index contributed by atoms with van der Waals surface area (Å²) in [6, 6.07) is 7.04.